The molecule has 4 fully saturated rings. The van der Waals surface area contributed by atoms with Crippen LogP contribution in [-0.4, -0.2) is 134 Å². The van der Waals surface area contributed by atoms with E-state index in [0.29, 0.717) is 19.5 Å². The number of aliphatic hydroxyl groups excluding tert-OH is 2. The summed E-state index contributed by atoms with van der Waals surface area (Å²) in [4.78, 5) is 66.0. The fraction of sp³-hybridized carbons (Fsp3) is 0.741. The molecule has 14 heteroatoms. The third-order valence-electron chi connectivity index (χ3n) is 8.30. The van der Waals surface area contributed by atoms with Gasteiger partial charge in [-0.3, -0.25) is 24.1 Å². The van der Waals surface area contributed by atoms with Crippen molar-refractivity contribution in [2.75, 3.05) is 32.7 Å². The van der Waals surface area contributed by atoms with E-state index in [9.17, 15) is 29.4 Å². The summed E-state index contributed by atoms with van der Waals surface area (Å²) < 4.78 is 5.80. The lowest BCUT2D eigenvalue weighted by Crippen LogP contribution is -2.63. The first kappa shape index (κ1) is 29.4. The smallest absolute Gasteiger partial charge is 0.244 e. The van der Waals surface area contributed by atoms with Crippen molar-refractivity contribution >= 4 is 23.6 Å². The van der Waals surface area contributed by atoms with Crippen LogP contribution in [0.1, 0.15) is 45.7 Å². The zero-order chi connectivity index (χ0) is 29.5. The van der Waals surface area contributed by atoms with E-state index in [0.717, 1.165) is 5.69 Å². The van der Waals surface area contributed by atoms with Gasteiger partial charge < -0.3 is 40.4 Å². The summed E-state index contributed by atoms with van der Waals surface area (Å²) in [5, 5.41) is 26.8. The molecule has 226 valence electrons. The highest BCUT2D eigenvalue weighted by atomic mass is 16.5. The number of aliphatic hydroxyl groups is 2. The van der Waals surface area contributed by atoms with E-state index in [1.165, 1.54) is 4.90 Å². The van der Waals surface area contributed by atoms with Crippen LogP contribution in [0.5, 0.6) is 0 Å². The van der Waals surface area contributed by atoms with Gasteiger partial charge in [0, 0.05) is 57.1 Å². The average Bonchev–Trinajstić information content (AvgIpc) is 3.62. The second kappa shape index (κ2) is 11.7. The van der Waals surface area contributed by atoms with Crippen molar-refractivity contribution in [1.29, 1.82) is 0 Å². The largest absolute Gasteiger partial charge is 0.388 e. The van der Waals surface area contributed by atoms with Crippen LogP contribution in [0.15, 0.2) is 12.5 Å². The molecule has 4 aliphatic rings. The number of hydrogen-bond acceptors (Lipinski definition) is 9. The predicted molar refractivity (Wildman–Crippen MR) is 144 cm³/mol. The number of likely N-dealkylation sites (tertiary alicyclic amines) is 1. The molecule has 7 atom stereocenters. The molecule has 0 unspecified atom stereocenters. The molecule has 4 aliphatic heterocycles. The summed E-state index contributed by atoms with van der Waals surface area (Å²) in [7, 11) is 0. The lowest BCUT2D eigenvalue weighted by atomic mass is 9.91. The Kier molecular flexibility index (Phi) is 8.37. The standard InChI is InChI=1S/C27H41N7O7/c1-27(2,3)8-22(36)34-5-4-32-13-18(34)25(39)29-10-20-24(38)23(37)19(41-20)7-21(35)31-15-6-17(26(32)40)33(11-15)12-16-9-28-14-30-16/h9,14-15,17-20,23-24,37-38H,4-8,10-13H2,1-3H3,(H,28,30)(H,29,39)(H,31,35)/t15-,17-,18-,19-,20+,23-,24+/m0/s1. The van der Waals surface area contributed by atoms with E-state index in [-0.39, 0.29) is 68.2 Å². The predicted octanol–water partition coefficient (Wildman–Crippen LogP) is -2.05. The maximum atomic E-state index is 14.0. The van der Waals surface area contributed by atoms with Crippen molar-refractivity contribution in [1.82, 2.24) is 35.3 Å². The number of hydrogen-bond donors (Lipinski definition) is 5. The van der Waals surface area contributed by atoms with Gasteiger partial charge in [0.1, 0.15) is 24.4 Å². The van der Waals surface area contributed by atoms with Crippen LogP contribution in [0.3, 0.4) is 0 Å². The molecule has 0 aromatic carbocycles. The number of H-pyrrole nitrogens is 1. The quantitative estimate of drug-likeness (QED) is 0.271. The Labute approximate surface area is 238 Å². The lowest BCUT2D eigenvalue weighted by molar-refractivity contribution is -0.151. The van der Waals surface area contributed by atoms with E-state index in [4.69, 9.17) is 4.74 Å². The van der Waals surface area contributed by atoms with E-state index < -0.39 is 42.4 Å². The number of piperazine rings is 1. The molecule has 1 aromatic heterocycles. The van der Waals surface area contributed by atoms with Crippen LogP contribution in [0.2, 0.25) is 0 Å². The minimum absolute atomic E-state index is 0.0191. The molecule has 4 amide bonds. The Morgan fingerprint density at radius 1 is 1.10 bits per heavy atom. The number of fused-ring (bicyclic) bond motifs is 6. The average molecular weight is 576 g/mol. The van der Waals surface area contributed by atoms with Crippen LogP contribution >= 0.6 is 0 Å². The number of amides is 4. The highest BCUT2D eigenvalue weighted by molar-refractivity contribution is 5.90. The number of aromatic nitrogens is 2. The van der Waals surface area contributed by atoms with Gasteiger partial charge in [-0.15, -0.1) is 0 Å². The number of ether oxygens (including phenoxy) is 1. The van der Waals surface area contributed by atoms with E-state index in [1.54, 1.807) is 17.4 Å². The monoisotopic (exact) mass is 575 g/mol. The highest BCUT2D eigenvalue weighted by Gasteiger charge is 2.47. The Bertz CT molecular complexity index is 1140. The number of imidazole rings is 1. The van der Waals surface area contributed by atoms with Gasteiger partial charge in [0.05, 0.1) is 31.4 Å². The van der Waals surface area contributed by atoms with Crippen molar-refractivity contribution in [3.8, 4) is 0 Å². The third-order valence-corrected chi connectivity index (χ3v) is 8.30. The number of carbonyl (C=O) groups excluding carboxylic acids is 4. The van der Waals surface area contributed by atoms with Crippen molar-refractivity contribution in [3.05, 3.63) is 18.2 Å². The van der Waals surface area contributed by atoms with E-state index >= 15 is 0 Å². The molecule has 0 saturated carbocycles. The van der Waals surface area contributed by atoms with Gasteiger partial charge in [0.2, 0.25) is 23.6 Å². The maximum absolute atomic E-state index is 14.0. The van der Waals surface area contributed by atoms with Gasteiger partial charge >= 0.3 is 0 Å². The van der Waals surface area contributed by atoms with E-state index in [2.05, 4.69) is 20.6 Å². The Morgan fingerprint density at radius 2 is 1.85 bits per heavy atom. The molecule has 4 saturated heterocycles. The van der Waals surface area contributed by atoms with Gasteiger partial charge in [-0.25, -0.2) is 4.98 Å². The van der Waals surface area contributed by atoms with E-state index in [1.807, 2.05) is 25.7 Å². The number of nitrogens with zero attached hydrogens (tertiary/aromatic N) is 4. The normalized spacial score (nSPS) is 33.6. The molecule has 5 rings (SSSR count). The molecule has 5 N–H and O–H groups in total. The topological polar surface area (TPSA) is 180 Å². The second-order valence-electron chi connectivity index (χ2n) is 12.8. The fourth-order valence-electron chi connectivity index (χ4n) is 6.25. The van der Waals surface area contributed by atoms with Crippen LogP contribution in [0.4, 0.5) is 0 Å². The molecule has 0 aliphatic carbocycles. The summed E-state index contributed by atoms with van der Waals surface area (Å²) in [5.41, 5.74) is 0.528. The Hall–Kier alpha value is -3.07. The summed E-state index contributed by atoms with van der Waals surface area (Å²) in [6.45, 7) is 7.06. The molecule has 41 heavy (non-hydrogen) atoms. The van der Waals surface area contributed by atoms with Crippen molar-refractivity contribution in [2.45, 2.75) is 89.1 Å². The number of rotatable bonds is 3. The molecule has 0 radical (unpaired) electrons. The summed E-state index contributed by atoms with van der Waals surface area (Å²) in [5.74, 6) is -1.16. The van der Waals surface area contributed by atoms with Gasteiger partial charge in [-0.1, -0.05) is 20.8 Å². The SMILES string of the molecule is CC(C)(C)CC(=O)N1CCN2C[C@H]1C(=O)NC[C@H]1O[C@@H](CC(=O)N[C@H]3C[C@@H](C2=O)N(Cc2cnc[nH]2)C3)[C@H](O)[C@@H]1O. The van der Waals surface area contributed by atoms with Crippen molar-refractivity contribution in [3.63, 3.8) is 0 Å². The van der Waals surface area contributed by atoms with Crippen LogP contribution in [-0.2, 0) is 30.5 Å². The minimum atomic E-state index is -1.30. The third kappa shape index (κ3) is 6.55. The number of nitrogens with one attached hydrogen (secondary N) is 3. The fourth-order valence-corrected chi connectivity index (χ4v) is 6.25. The van der Waals surface area contributed by atoms with Gasteiger partial charge in [0.15, 0.2) is 0 Å². The maximum Gasteiger partial charge on any atom is 0.244 e. The molecule has 6 bridgehead atoms. The summed E-state index contributed by atoms with van der Waals surface area (Å²) >= 11 is 0. The van der Waals surface area contributed by atoms with Crippen LogP contribution in [0.25, 0.3) is 0 Å². The first-order valence-electron chi connectivity index (χ1n) is 14.3. The molecule has 1 aromatic rings. The zero-order valence-corrected chi connectivity index (χ0v) is 23.8. The van der Waals surface area contributed by atoms with Crippen molar-refractivity contribution in [2.24, 2.45) is 5.41 Å². The summed E-state index contributed by atoms with van der Waals surface area (Å²) in [6, 6.07) is -1.82. The van der Waals surface area contributed by atoms with Crippen molar-refractivity contribution < 1.29 is 34.1 Å². The minimum Gasteiger partial charge on any atom is -0.388 e. The zero-order valence-electron chi connectivity index (χ0n) is 23.8. The Balaban J connectivity index is 1.43. The lowest BCUT2D eigenvalue weighted by Gasteiger charge is -2.42. The van der Waals surface area contributed by atoms with Gasteiger partial charge in [-0.05, 0) is 11.8 Å². The molecular weight excluding hydrogens is 534 g/mol. The summed E-state index contributed by atoms with van der Waals surface area (Å²) in [6.07, 6.45) is -0.811. The first-order valence-corrected chi connectivity index (χ1v) is 14.3. The molecule has 14 nitrogen and oxygen atoms in total. The highest BCUT2D eigenvalue weighted by Crippen LogP contribution is 2.28. The number of carbonyl (C=O) groups is 4. The van der Waals surface area contributed by atoms with Crippen LogP contribution in [0, 0.1) is 5.41 Å². The molecule has 5 heterocycles. The van der Waals surface area contributed by atoms with Crippen LogP contribution < -0.4 is 10.6 Å². The van der Waals surface area contributed by atoms with Gasteiger partial charge in [0.25, 0.3) is 0 Å². The van der Waals surface area contributed by atoms with Gasteiger partial charge in [-0.2, -0.15) is 0 Å². The second-order valence-corrected chi connectivity index (χ2v) is 12.8. The first-order chi connectivity index (χ1) is 19.4. The molecule has 0 spiro atoms. The molecular formula is C27H41N7O7. The number of aromatic amines is 1. The Morgan fingerprint density at radius 3 is 2.56 bits per heavy atom.